The maximum absolute atomic E-state index is 5.92. The van der Waals surface area contributed by atoms with Gasteiger partial charge in [0, 0.05) is 11.7 Å². The Morgan fingerprint density at radius 3 is 3.08 bits per heavy atom. The molecule has 4 heteroatoms. The van der Waals surface area contributed by atoms with Crippen LogP contribution in [0.3, 0.4) is 0 Å². The van der Waals surface area contributed by atoms with E-state index in [1.165, 1.54) is 0 Å². The number of hydrogen-bond acceptors (Lipinski definition) is 3. The highest BCUT2D eigenvalue weighted by molar-refractivity contribution is 5.23. The quantitative estimate of drug-likeness (QED) is 0.740. The van der Waals surface area contributed by atoms with Crippen LogP contribution in [-0.4, -0.2) is 16.2 Å². The zero-order valence-electron chi connectivity index (χ0n) is 8.08. The van der Waals surface area contributed by atoms with Crippen LogP contribution in [0.4, 0.5) is 0 Å². The Bertz CT molecular complexity index is 319. The number of ether oxygens (including phenoxy) is 1. The van der Waals surface area contributed by atoms with Crippen LogP contribution < -0.4 is 10.5 Å². The van der Waals surface area contributed by atoms with E-state index in [4.69, 9.17) is 10.5 Å². The largest absolute Gasteiger partial charge is 0.463 e. The lowest BCUT2D eigenvalue weighted by molar-refractivity contribution is 0.343. The van der Waals surface area contributed by atoms with Gasteiger partial charge in [-0.1, -0.05) is 6.92 Å². The summed E-state index contributed by atoms with van der Waals surface area (Å²) in [6, 6.07) is 0.776. The standard InChI is InChI=1S/C9H15N3O/c1-3-7(10)8-6(2)12-4-5-13-9(12)11-8/h7H,3-5,10H2,1-2H3. The average Bonchev–Trinajstić information content (AvgIpc) is 2.68. The topological polar surface area (TPSA) is 53.1 Å². The molecular weight excluding hydrogens is 166 g/mol. The van der Waals surface area contributed by atoms with Gasteiger partial charge in [0.15, 0.2) is 0 Å². The van der Waals surface area contributed by atoms with Crippen molar-refractivity contribution in [2.24, 2.45) is 5.73 Å². The smallest absolute Gasteiger partial charge is 0.296 e. The van der Waals surface area contributed by atoms with Crippen LogP contribution in [0.15, 0.2) is 0 Å². The highest BCUT2D eigenvalue weighted by atomic mass is 16.5. The molecule has 0 spiro atoms. The SMILES string of the molecule is CCC(N)c1nc2n(c1C)CCO2. The van der Waals surface area contributed by atoms with E-state index >= 15 is 0 Å². The summed E-state index contributed by atoms with van der Waals surface area (Å²) in [6.45, 7) is 5.76. The van der Waals surface area contributed by atoms with Crippen LogP contribution >= 0.6 is 0 Å². The van der Waals surface area contributed by atoms with Gasteiger partial charge in [-0.3, -0.25) is 4.57 Å². The highest BCUT2D eigenvalue weighted by Gasteiger charge is 2.22. The number of nitrogens with two attached hydrogens (primary N) is 1. The Kier molecular flexibility index (Phi) is 2.00. The molecule has 4 nitrogen and oxygen atoms in total. The molecule has 1 aliphatic heterocycles. The summed E-state index contributed by atoms with van der Waals surface area (Å²) < 4.78 is 7.44. The third kappa shape index (κ3) is 1.21. The highest BCUT2D eigenvalue weighted by Crippen LogP contribution is 2.25. The zero-order chi connectivity index (χ0) is 9.42. The fourth-order valence-electron chi connectivity index (χ4n) is 1.67. The molecule has 0 aliphatic carbocycles. The Hall–Kier alpha value is -1.03. The van der Waals surface area contributed by atoms with Crippen molar-refractivity contribution in [2.75, 3.05) is 6.61 Å². The molecule has 0 saturated heterocycles. The first-order valence-corrected chi connectivity index (χ1v) is 4.69. The monoisotopic (exact) mass is 181 g/mol. The van der Waals surface area contributed by atoms with Crippen LogP contribution in [0.1, 0.15) is 30.8 Å². The van der Waals surface area contributed by atoms with E-state index in [0.29, 0.717) is 0 Å². The van der Waals surface area contributed by atoms with E-state index in [9.17, 15) is 0 Å². The van der Waals surface area contributed by atoms with Crippen LogP contribution in [0.25, 0.3) is 0 Å². The molecule has 13 heavy (non-hydrogen) atoms. The summed E-state index contributed by atoms with van der Waals surface area (Å²) in [5, 5.41) is 0. The minimum absolute atomic E-state index is 0.0432. The Labute approximate surface area is 77.7 Å². The second-order valence-corrected chi connectivity index (χ2v) is 3.38. The van der Waals surface area contributed by atoms with Gasteiger partial charge in [-0.05, 0) is 13.3 Å². The molecule has 0 aromatic carbocycles. The second-order valence-electron chi connectivity index (χ2n) is 3.38. The van der Waals surface area contributed by atoms with Crippen molar-refractivity contribution >= 4 is 0 Å². The molecule has 0 bridgehead atoms. The van der Waals surface area contributed by atoms with Crippen LogP contribution in [-0.2, 0) is 6.54 Å². The molecule has 72 valence electrons. The minimum atomic E-state index is 0.0432. The number of imidazole rings is 1. The molecule has 1 aromatic rings. The molecule has 0 saturated carbocycles. The van der Waals surface area contributed by atoms with E-state index in [1.54, 1.807) is 0 Å². The normalized spacial score (nSPS) is 16.8. The molecule has 1 unspecified atom stereocenters. The molecular formula is C9H15N3O. The molecule has 1 aromatic heterocycles. The third-order valence-electron chi connectivity index (χ3n) is 2.56. The summed E-state index contributed by atoms with van der Waals surface area (Å²) >= 11 is 0. The van der Waals surface area contributed by atoms with Crippen LogP contribution in [0, 0.1) is 6.92 Å². The molecule has 2 heterocycles. The lowest BCUT2D eigenvalue weighted by atomic mass is 10.1. The van der Waals surface area contributed by atoms with E-state index in [-0.39, 0.29) is 6.04 Å². The van der Waals surface area contributed by atoms with E-state index in [1.807, 2.05) is 0 Å². The zero-order valence-corrected chi connectivity index (χ0v) is 8.08. The lowest BCUT2D eigenvalue weighted by Crippen LogP contribution is -2.12. The molecule has 1 aliphatic rings. The molecule has 2 N–H and O–H groups in total. The summed E-state index contributed by atoms with van der Waals surface area (Å²) in [6.07, 6.45) is 0.914. The third-order valence-corrected chi connectivity index (χ3v) is 2.56. The molecule has 0 fully saturated rings. The van der Waals surface area contributed by atoms with Crippen molar-refractivity contribution in [1.82, 2.24) is 9.55 Å². The maximum atomic E-state index is 5.92. The first-order valence-electron chi connectivity index (χ1n) is 4.69. The van der Waals surface area contributed by atoms with Gasteiger partial charge in [-0.25, -0.2) is 0 Å². The van der Waals surface area contributed by atoms with Crippen molar-refractivity contribution in [3.63, 3.8) is 0 Å². The van der Waals surface area contributed by atoms with Gasteiger partial charge in [-0.2, -0.15) is 4.98 Å². The minimum Gasteiger partial charge on any atom is -0.463 e. The van der Waals surface area contributed by atoms with E-state index in [0.717, 1.165) is 37.0 Å². The molecule has 0 amide bonds. The number of hydrogen-bond donors (Lipinski definition) is 1. The number of rotatable bonds is 2. The molecule has 2 rings (SSSR count). The van der Waals surface area contributed by atoms with Crippen LogP contribution in [0.5, 0.6) is 6.01 Å². The van der Waals surface area contributed by atoms with Crippen molar-refractivity contribution in [3.8, 4) is 6.01 Å². The summed E-state index contributed by atoms with van der Waals surface area (Å²) in [7, 11) is 0. The fourth-order valence-corrected chi connectivity index (χ4v) is 1.67. The first kappa shape index (κ1) is 8.56. The van der Waals surface area contributed by atoms with Crippen molar-refractivity contribution in [3.05, 3.63) is 11.4 Å². The predicted octanol–water partition coefficient (Wildman–Crippen LogP) is 0.994. The Morgan fingerprint density at radius 2 is 2.46 bits per heavy atom. The maximum Gasteiger partial charge on any atom is 0.296 e. The van der Waals surface area contributed by atoms with E-state index < -0.39 is 0 Å². The number of aromatic nitrogens is 2. The van der Waals surface area contributed by atoms with Crippen molar-refractivity contribution in [2.45, 2.75) is 32.9 Å². The van der Waals surface area contributed by atoms with Crippen molar-refractivity contribution in [1.29, 1.82) is 0 Å². The van der Waals surface area contributed by atoms with Gasteiger partial charge in [-0.15, -0.1) is 0 Å². The molecule has 0 radical (unpaired) electrons. The fraction of sp³-hybridized carbons (Fsp3) is 0.667. The predicted molar refractivity (Wildman–Crippen MR) is 49.7 cm³/mol. The second kappa shape index (κ2) is 3.03. The van der Waals surface area contributed by atoms with Gasteiger partial charge in [0.1, 0.15) is 6.61 Å². The molecule has 1 atom stereocenters. The summed E-state index contributed by atoms with van der Waals surface area (Å²) in [4.78, 5) is 4.38. The summed E-state index contributed by atoms with van der Waals surface area (Å²) in [5.41, 5.74) is 8.06. The average molecular weight is 181 g/mol. The van der Waals surface area contributed by atoms with Gasteiger partial charge in [0.05, 0.1) is 12.2 Å². The van der Waals surface area contributed by atoms with Gasteiger partial charge >= 0.3 is 0 Å². The van der Waals surface area contributed by atoms with Gasteiger partial charge in [0.2, 0.25) is 0 Å². The van der Waals surface area contributed by atoms with Gasteiger partial charge in [0.25, 0.3) is 6.01 Å². The summed E-state index contributed by atoms with van der Waals surface area (Å²) in [5.74, 6) is 0. The Balaban J connectivity index is 2.38. The van der Waals surface area contributed by atoms with Gasteiger partial charge < -0.3 is 10.5 Å². The Morgan fingerprint density at radius 1 is 1.69 bits per heavy atom. The van der Waals surface area contributed by atoms with E-state index in [2.05, 4.69) is 23.4 Å². The number of nitrogens with zero attached hydrogens (tertiary/aromatic N) is 2. The lowest BCUT2D eigenvalue weighted by Gasteiger charge is -2.06. The number of fused-ring (bicyclic) bond motifs is 1. The first-order chi connectivity index (χ1) is 6.24. The van der Waals surface area contributed by atoms with Crippen molar-refractivity contribution < 1.29 is 4.74 Å². The van der Waals surface area contributed by atoms with Crippen LogP contribution in [0.2, 0.25) is 0 Å².